The van der Waals surface area contributed by atoms with Gasteiger partial charge in [-0.15, -0.1) is 0 Å². The second kappa shape index (κ2) is 8.83. The van der Waals surface area contributed by atoms with Gasteiger partial charge < -0.3 is 9.64 Å². The van der Waals surface area contributed by atoms with Gasteiger partial charge in [0, 0.05) is 19.7 Å². The van der Waals surface area contributed by atoms with Crippen LogP contribution in [0.3, 0.4) is 0 Å². The molecule has 0 saturated heterocycles. The first-order valence-corrected chi connectivity index (χ1v) is 8.38. The molecule has 0 spiro atoms. The van der Waals surface area contributed by atoms with Crippen molar-refractivity contribution in [1.29, 1.82) is 0 Å². The maximum absolute atomic E-state index is 13.5. The molecule has 0 saturated carbocycles. The van der Waals surface area contributed by atoms with E-state index in [2.05, 4.69) is 9.98 Å². The maximum Gasteiger partial charge on any atom is 0.269 e. The molecule has 1 atom stereocenters. The Balaban J connectivity index is 2.35. The zero-order valence-electron chi connectivity index (χ0n) is 15.5. The first kappa shape index (κ1) is 20.7. The minimum Gasteiger partial charge on any atom is -0.469 e. The number of hydrogen-bond donors (Lipinski definition) is 0. The van der Waals surface area contributed by atoms with Crippen molar-refractivity contribution in [2.45, 2.75) is 33.3 Å². The van der Waals surface area contributed by atoms with Crippen molar-refractivity contribution in [2.75, 3.05) is 13.6 Å². The normalized spacial score (nSPS) is 12.6. The quantitative estimate of drug-likeness (QED) is 0.367. The topological polar surface area (TPSA) is 37.7 Å². The maximum atomic E-state index is 13.5. The highest BCUT2D eigenvalue weighted by Crippen LogP contribution is 2.35. The fourth-order valence-electron chi connectivity index (χ4n) is 2.26. The summed E-state index contributed by atoms with van der Waals surface area (Å²) in [5.74, 6) is -1.84. The third-order valence-corrected chi connectivity index (χ3v) is 3.95. The molecule has 0 radical (unpaired) electrons. The third kappa shape index (κ3) is 5.42. The monoisotopic (exact) mass is 383 g/mol. The van der Waals surface area contributed by atoms with Gasteiger partial charge in [-0.25, -0.2) is 27.5 Å². The van der Waals surface area contributed by atoms with Crippen LogP contribution in [0, 0.1) is 18.6 Å². The van der Waals surface area contributed by atoms with Crippen LogP contribution in [0.1, 0.15) is 43.2 Å². The van der Waals surface area contributed by atoms with E-state index < -0.39 is 29.7 Å². The predicted molar refractivity (Wildman–Crippen MR) is 95.8 cm³/mol. The highest BCUT2D eigenvalue weighted by Gasteiger charge is 2.21. The summed E-state index contributed by atoms with van der Waals surface area (Å²) in [6.07, 6.45) is -2.19. The van der Waals surface area contributed by atoms with E-state index in [4.69, 9.17) is 4.74 Å². The lowest BCUT2D eigenvalue weighted by Crippen LogP contribution is -2.14. The summed E-state index contributed by atoms with van der Waals surface area (Å²) in [5.41, 5.74) is 0.435. The highest BCUT2D eigenvalue weighted by molar-refractivity contribution is 5.63. The predicted octanol–water partition coefficient (Wildman–Crippen LogP) is 5.36. The number of aromatic nitrogens is 1. The van der Waals surface area contributed by atoms with Crippen molar-refractivity contribution in [2.24, 2.45) is 4.99 Å². The molecule has 0 amide bonds. The van der Waals surface area contributed by atoms with Crippen molar-refractivity contribution >= 4 is 12.0 Å². The number of pyridine rings is 1. The Labute approximate surface area is 155 Å². The number of nitrogens with zero attached hydrogens (tertiary/aromatic N) is 3. The van der Waals surface area contributed by atoms with E-state index in [-0.39, 0.29) is 11.4 Å². The summed E-state index contributed by atoms with van der Waals surface area (Å²) < 4.78 is 59.2. The molecule has 0 fully saturated rings. The van der Waals surface area contributed by atoms with Crippen molar-refractivity contribution in [3.63, 3.8) is 0 Å². The molecule has 0 aliphatic heterocycles. The Kier molecular flexibility index (Phi) is 6.76. The van der Waals surface area contributed by atoms with Crippen LogP contribution in [-0.4, -0.2) is 29.8 Å². The van der Waals surface area contributed by atoms with Gasteiger partial charge in [0.2, 0.25) is 5.88 Å². The summed E-state index contributed by atoms with van der Waals surface area (Å²) >= 11 is 0. The number of hydrogen-bond acceptors (Lipinski definition) is 3. The van der Waals surface area contributed by atoms with Gasteiger partial charge in [0.1, 0.15) is 17.7 Å². The standard InChI is InChI=1S/C19H21F4N3O/c1-5-26(4)10-24-17-9-16(18(22)23)19(25-11(17)2)27-12(3)13-6-14(20)8-15(21)7-13/h6-10,12,18H,5H2,1-4H3. The molecule has 0 bridgehead atoms. The molecule has 1 heterocycles. The Morgan fingerprint density at radius 3 is 2.37 bits per heavy atom. The Hall–Kier alpha value is -2.64. The highest BCUT2D eigenvalue weighted by atomic mass is 19.3. The first-order valence-electron chi connectivity index (χ1n) is 8.38. The Morgan fingerprint density at radius 2 is 1.81 bits per heavy atom. The first-order chi connectivity index (χ1) is 12.7. The zero-order chi connectivity index (χ0) is 20.1. The van der Waals surface area contributed by atoms with Gasteiger partial charge in [0.25, 0.3) is 6.43 Å². The number of halogens is 4. The van der Waals surface area contributed by atoms with Gasteiger partial charge in [-0.1, -0.05) is 0 Å². The van der Waals surface area contributed by atoms with Crippen LogP contribution in [0.4, 0.5) is 23.2 Å². The number of rotatable bonds is 7. The van der Waals surface area contributed by atoms with Crippen molar-refractivity contribution in [1.82, 2.24) is 9.88 Å². The number of aryl methyl sites for hydroxylation is 1. The molecule has 2 rings (SSSR count). The van der Waals surface area contributed by atoms with Gasteiger partial charge >= 0.3 is 0 Å². The molecule has 2 aromatic rings. The fourth-order valence-corrected chi connectivity index (χ4v) is 2.26. The molecular weight excluding hydrogens is 362 g/mol. The Bertz CT molecular complexity index is 807. The summed E-state index contributed by atoms with van der Waals surface area (Å²) in [5, 5.41) is 0. The van der Waals surface area contributed by atoms with E-state index in [0.717, 1.165) is 18.2 Å². The van der Waals surface area contributed by atoms with Crippen molar-refractivity contribution in [3.05, 3.63) is 52.7 Å². The minimum atomic E-state index is -2.84. The lowest BCUT2D eigenvalue weighted by molar-refractivity contribution is 0.136. The summed E-state index contributed by atoms with van der Waals surface area (Å²) in [6.45, 7) is 5.76. The average molecular weight is 383 g/mol. The van der Waals surface area contributed by atoms with Crippen LogP contribution >= 0.6 is 0 Å². The van der Waals surface area contributed by atoms with Gasteiger partial charge in [-0.2, -0.15) is 0 Å². The van der Waals surface area contributed by atoms with E-state index in [0.29, 0.717) is 17.9 Å². The van der Waals surface area contributed by atoms with Gasteiger partial charge in [-0.05, 0) is 44.5 Å². The zero-order valence-corrected chi connectivity index (χ0v) is 15.5. The molecule has 146 valence electrons. The van der Waals surface area contributed by atoms with Crippen LogP contribution in [0.25, 0.3) is 0 Å². The van der Waals surface area contributed by atoms with Crippen LogP contribution in [-0.2, 0) is 0 Å². The van der Waals surface area contributed by atoms with Crippen LogP contribution in [0.5, 0.6) is 5.88 Å². The second-order valence-electron chi connectivity index (χ2n) is 6.07. The molecule has 0 aliphatic carbocycles. The van der Waals surface area contributed by atoms with Crippen LogP contribution in [0.15, 0.2) is 29.3 Å². The van der Waals surface area contributed by atoms with Crippen LogP contribution in [0.2, 0.25) is 0 Å². The van der Waals surface area contributed by atoms with E-state index >= 15 is 0 Å². The molecule has 8 heteroatoms. The molecule has 0 N–H and O–H groups in total. The lowest BCUT2D eigenvalue weighted by atomic mass is 10.1. The van der Waals surface area contributed by atoms with Gasteiger partial charge in [0.05, 0.1) is 23.3 Å². The number of aliphatic imine (C=N–C) groups is 1. The molecule has 1 aromatic carbocycles. The van der Waals surface area contributed by atoms with E-state index in [1.807, 2.05) is 6.92 Å². The van der Waals surface area contributed by atoms with Crippen molar-refractivity contribution < 1.29 is 22.3 Å². The van der Waals surface area contributed by atoms with Crippen molar-refractivity contribution in [3.8, 4) is 5.88 Å². The van der Waals surface area contributed by atoms with Crippen LogP contribution < -0.4 is 4.74 Å². The molecule has 1 unspecified atom stereocenters. The molecule has 0 aliphatic rings. The number of ether oxygens (including phenoxy) is 1. The largest absolute Gasteiger partial charge is 0.469 e. The Morgan fingerprint density at radius 1 is 1.19 bits per heavy atom. The van der Waals surface area contributed by atoms with E-state index in [1.54, 1.807) is 18.9 Å². The van der Waals surface area contributed by atoms with E-state index in [9.17, 15) is 17.6 Å². The number of alkyl halides is 2. The lowest BCUT2D eigenvalue weighted by Gasteiger charge is -2.18. The SMILES string of the molecule is CCN(C)C=Nc1cc(C(F)F)c(OC(C)c2cc(F)cc(F)c2)nc1C. The third-order valence-electron chi connectivity index (χ3n) is 3.95. The van der Waals surface area contributed by atoms with E-state index in [1.165, 1.54) is 19.3 Å². The van der Waals surface area contributed by atoms with Gasteiger partial charge in [0.15, 0.2) is 0 Å². The molecular formula is C19H21F4N3O. The smallest absolute Gasteiger partial charge is 0.269 e. The second-order valence-corrected chi connectivity index (χ2v) is 6.07. The fraction of sp³-hybridized carbons (Fsp3) is 0.368. The van der Waals surface area contributed by atoms with Gasteiger partial charge in [-0.3, -0.25) is 0 Å². The average Bonchev–Trinajstić information content (AvgIpc) is 2.59. The summed E-state index contributed by atoms with van der Waals surface area (Å²) in [4.78, 5) is 10.0. The molecule has 4 nitrogen and oxygen atoms in total. The molecule has 27 heavy (non-hydrogen) atoms. The minimum absolute atomic E-state index is 0.179. The molecule has 1 aromatic heterocycles. The summed E-state index contributed by atoms with van der Waals surface area (Å²) in [7, 11) is 1.80. The summed E-state index contributed by atoms with van der Waals surface area (Å²) in [6, 6.07) is 4.11. The number of benzene rings is 1.